The zero-order valence-electron chi connectivity index (χ0n) is 32.1. The van der Waals surface area contributed by atoms with E-state index in [0.29, 0.717) is 36.1 Å². The van der Waals surface area contributed by atoms with Gasteiger partial charge in [0.15, 0.2) is 0 Å². The number of amides is 3. The molecule has 4 aromatic rings. The summed E-state index contributed by atoms with van der Waals surface area (Å²) in [6, 6.07) is 28.8. The molecule has 1 spiro atoms. The van der Waals surface area contributed by atoms with E-state index in [0.717, 1.165) is 10.8 Å². The molecule has 8 atom stereocenters. The maximum Gasteiger partial charge on any atom is 0.313 e. The summed E-state index contributed by atoms with van der Waals surface area (Å²) in [6.45, 7) is 7.35. The summed E-state index contributed by atoms with van der Waals surface area (Å²) >= 11 is 0. The standard InChI is InChI=1S/C46H49N3O8/c1-4-6-21-38(51)47-35(29-55-3)41(32-18-11-8-12-19-32)56-45(54)39-37-24-25-46(57-37)40(39)43(52)49(36(28-50)31-16-9-7-10-17-31)42(46)44(53)48(26-5-2)34-23-22-30-15-13-14-20-33(30)27-34/h4-5,7-20,22-23,27,35-37,39-42,50H,1-2,6,21,24-26,28-29H2,3H3,(H,47,51)/t35-,36+,37-,39+,40+,41-,42-,46+/m0/s1. The first-order valence-corrected chi connectivity index (χ1v) is 19.5. The second-order valence-electron chi connectivity index (χ2n) is 14.9. The molecule has 0 saturated carbocycles. The lowest BCUT2D eigenvalue weighted by Crippen LogP contribution is -2.57. The van der Waals surface area contributed by atoms with Crippen LogP contribution in [0.2, 0.25) is 0 Å². The molecule has 2 bridgehead atoms. The van der Waals surface area contributed by atoms with Crippen molar-refractivity contribution in [3.63, 3.8) is 0 Å². The molecule has 57 heavy (non-hydrogen) atoms. The molecule has 296 valence electrons. The van der Waals surface area contributed by atoms with Gasteiger partial charge in [0, 0.05) is 25.8 Å². The fourth-order valence-corrected chi connectivity index (χ4v) is 9.07. The van der Waals surface area contributed by atoms with E-state index >= 15 is 9.59 Å². The number of fused-ring (bicyclic) bond motifs is 2. The Labute approximate surface area is 332 Å². The third kappa shape index (κ3) is 7.50. The summed E-state index contributed by atoms with van der Waals surface area (Å²) in [5.41, 5.74) is 0.479. The summed E-state index contributed by atoms with van der Waals surface area (Å²) < 4.78 is 18.7. The molecule has 0 aliphatic carbocycles. The molecule has 11 heteroatoms. The largest absolute Gasteiger partial charge is 0.455 e. The molecule has 3 amide bonds. The van der Waals surface area contributed by atoms with Crippen LogP contribution in [0.15, 0.2) is 128 Å². The van der Waals surface area contributed by atoms with E-state index in [9.17, 15) is 14.7 Å². The molecule has 0 unspecified atom stereocenters. The van der Waals surface area contributed by atoms with E-state index in [-0.39, 0.29) is 25.5 Å². The SMILES string of the molecule is C=CCCC(=O)N[C@@H](COC)[C@@H](OC(=O)[C@@H]1[C@@H]2CC[C@]3(O2)[C@H](C(=O)N(CC=C)c2ccc4ccccc4c2)N([C@H](CO)c2ccccc2)C(=O)[C@@H]13)c1ccccc1. The lowest BCUT2D eigenvalue weighted by Gasteiger charge is -2.39. The van der Waals surface area contributed by atoms with Crippen molar-refractivity contribution >= 4 is 40.2 Å². The van der Waals surface area contributed by atoms with Gasteiger partial charge in [0.2, 0.25) is 11.8 Å². The highest BCUT2D eigenvalue weighted by Gasteiger charge is 2.76. The number of rotatable bonds is 17. The first-order chi connectivity index (χ1) is 27.8. The molecule has 11 nitrogen and oxygen atoms in total. The number of likely N-dealkylation sites (tertiary alicyclic amines) is 1. The number of allylic oxidation sites excluding steroid dienone is 1. The molecule has 3 fully saturated rings. The van der Waals surface area contributed by atoms with Crippen LogP contribution in [-0.2, 0) is 33.4 Å². The normalized spacial score (nSPS) is 23.7. The van der Waals surface area contributed by atoms with Gasteiger partial charge in [0.05, 0.1) is 43.2 Å². The first-order valence-electron chi connectivity index (χ1n) is 19.5. The van der Waals surface area contributed by atoms with Crippen LogP contribution in [0.4, 0.5) is 5.69 Å². The van der Waals surface area contributed by atoms with Crippen LogP contribution >= 0.6 is 0 Å². The van der Waals surface area contributed by atoms with Crippen molar-refractivity contribution in [2.75, 3.05) is 31.8 Å². The van der Waals surface area contributed by atoms with Crippen molar-refractivity contribution in [3.8, 4) is 0 Å². The van der Waals surface area contributed by atoms with Crippen molar-refractivity contribution < 1.29 is 38.5 Å². The Kier molecular flexibility index (Phi) is 12.0. The van der Waals surface area contributed by atoms with Crippen molar-refractivity contribution in [2.24, 2.45) is 11.8 Å². The maximum atomic E-state index is 15.3. The van der Waals surface area contributed by atoms with Gasteiger partial charge in [-0.3, -0.25) is 19.2 Å². The molecule has 0 radical (unpaired) electrons. The summed E-state index contributed by atoms with van der Waals surface area (Å²) in [7, 11) is 1.50. The van der Waals surface area contributed by atoms with Crippen LogP contribution < -0.4 is 10.2 Å². The van der Waals surface area contributed by atoms with E-state index in [1.54, 1.807) is 41.3 Å². The highest BCUT2D eigenvalue weighted by Crippen LogP contribution is 2.60. The number of esters is 1. The van der Waals surface area contributed by atoms with Crippen molar-refractivity contribution in [1.82, 2.24) is 10.2 Å². The number of ether oxygens (including phenoxy) is 3. The maximum absolute atomic E-state index is 15.3. The minimum absolute atomic E-state index is 0.0388. The highest BCUT2D eigenvalue weighted by molar-refractivity contribution is 6.05. The second-order valence-corrected chi connectivity index (χ2v) is 14.9. The van der Waals surface area contributed by atoms with Crippen LogP contribution in [0.1, 0.15) is 49.0 Å². The Bertz CT molecular complexity index is 2110. The number of nitrogens with zero attached hydrogens (tertiary/aromatic N) is 2. The molecule has 3 heterocycles. The average Bonchev–Trinajstić information content (AvgIpc) is 3.89. The van der Waals surface area contributed by atoms with Gasteiger partial charge in [0.25, 0.3) is 5.91 Å². The topological polar surface area (TPSA) is 135 Å². The van der Waals surface area contributed by atoms with Gasteiger partial charge in [0.1, 0.15) is 17.7 Å². The zero-order chi connectivity index (χ0) is 40.1. The monoisotopic (exact) mass is 771 g/mol. The van der Waals surface area contributed by atoms with Crippen LogP contribution in [0.5, 0.6) is 0 Å². The van der Waals surface area contributed by atoms with Gasteiger partial charge >= 0.3 is 5.97 Å². The predicted octanol–water partition coefficient (Wildman–Crippen LogP) is 5.85. The summed E-state index contributed by atoms with van der Waals surface area (Å²) in [5, 5.41) is 15.9. The molecule has 3 saturated heterocycles. The lowest BCUT2D eigenvalue weighted by molar-refractivity contribution is -0.163. The van der Waals surface area contributed by atoms with E-state index < -0.39 is 72.2 Å². The van der Waals surface area contributed by atoms with Crippen molar-refractivity contribution in [2.45, 2.75) is 61.6 Å². The van der Waals surface area contributed by atoms with Gasteiger partial charge in [-0.25, -0.2) is 0 Å². The van der Waals surface area contributed by atoms with Gasteiger partial charge in [-0.2, -0.15) is 0 Å². The second kappa shape index (κ2) is 17.3. The Morgan fingerprint density at radius 1 is 0.965 bits per heavy atom. The van der Waals surface area contributed by atoms with E-state index in [1.807, 2.05) is 78.9 Å². The number of aliphatic hydroxyl groups is 1. The minimum Gasteiger partial charge on any atom is -0.455 e. The lowest BCUT2D eigenvalue weighted by atomic mass is 9.70. The van der Waals surface area contributed by atoms with Crippen molar-refractivity contribution in [1.29, 1.82) is 0 Å². The summed E-state index contributed by atoms with van der Waals surface area (Å²) in [6.07, 6.45) is 3.01. The summed E-state index contributed by atoms with van der Waals surface area (Å²) in [4.78, 5) is 61.3. The number of anilines is 1. The quantitative estimate of drug-likeness (QED) is 0.101. The fraction of sp³-hybridized carbons (Fsp3) is 0.348. The van der Waals surface area contributed by atoms with E-state index in [2.05, 4.69) is 18.5 Å². The predicted molar refractivity (Wildman–Crippen MR) is 216 cm³/mol. The van der Waals surface area contributed by atoms with Crippen molar-refractivity contribution in [3.05, 3.63) is 140 Å². The van der Waals surface area contributed by atoms with E-state index in [1.165, 1.54) is 12.0 Å². The van der Waals surface area contributed by atoms with Crippen LogP contribution in [0.25, 0.3) is 10.8 Å². The highest BCUT2D eigenvalue weighted by atomic mass is 16.6. The molecular formula is C46H49N3O8. The Balaban J connectivity index is 1.28. The van der Waals surface area contributed by atoms with Gasteiger partial charge in [-0.15, -0.1) is 13.2 Å². The average molecular weight is 772 g/mol. The Morgan fingerprint density at radius 3 is 2.32 bits per heavy atom. The number of benzene rings is 4. The smallest absolute Gasteiger partial charge is 0.313 e. The molecule has 3 aliphatic rings. The van der Waals surface area contributed by atoms with Gasteiger partial charge in [-0.1, -0.05) is 103 Å². The number of nitrogens with one attached hydrogen (secondary N) is 1. The Morgan fingerprint density at radius 2 is 1.65 bits per heavy atom. The molecule has 7 rings (SSSR count). The fourth-order valence-electron chi connectivity index (χ4n) is 9.07. The molecule has 2 N–H and O–H groups in total. The van der Waals surface area contributed by atoms with Gasteiger partial charge < -0.3 is 34.4 Å². The van der Waals surface area contributed by atoms with Crippen LogP contribution in [-0.4, -0.2) is 84.4 Å². The molecule has 0 aromatic heterocycles. The third-order valence-corrected chi connectivity index (χ3v) is 11.6. The number of carbonyl (C=O) groups excluding carboxylic acids is 4. The number of hydrogen-bond donors (Lipinski definition) is 2. The van der Waals surface area contributed by atoms with Crippen LogP contribution in [0, 0.1) is 11.8 Å². The number of aliphatic hydroxyl groups excluding tert-OH is 1. The van der Waals surface area contributed by atoms with Crippen LogP contribution in [0.3, 0.4) is 0 Å². The molecule has 3 aliphatic heterocycles. The number of methoxy groups -OCH3 is 1. The number of carbonyl (C=O) groups is 4. The molecule has 4 aromatic carbocycles. The summed E-state index contributed by atoms with van der Waals surface area (Å²) in [5.74, 6) is -3.97. The minimum atomic E-state index is -1.39. The Hall–Kier alpha value is -5.62. The molecular weight excluding hydrogens is 723 g/mol. The third-order valence-electron chi connectivity index (χ3n) is 11.6. The number of hydrogen-bond acceptors (Lipinski definition) is 8. The van der Waals surface area contributed by atoms with E-state index in [4.69, 9.17) is 14.2 Å². The first kappa shape index (κ1) is 39.6. The van der Waals surface area contributed by atoms with Gasteiger partial charge in [-0.05, 0) is 53.3 Å². The zero-order valence-corrected chi connectivity index (χ0v) is 32.1.